The fourth-order valence-corrected chi connectivity index (χ4v) is 4.54. The maximum Gasteiger partial charge on any atom is -0.00726 e. The van der Waals surface area contributed by atoms with Gasteiger partial charge in [0, 0.05) is 0 Å². The van der Waals surface area contributed by atoms with Gasteiger partial charge in [-0.15, -0.1) is 0 Å². The number of hydrogen-bond donors (Lipinski definition) is 0. The van der Waals surface area contributed by atoms with E-state index in [-0.39, 0.29) is 0 Å². The van der Waals surface area contributed by atoms with E-state index >= 15 is 0 Å². The molecule has 3 rings (SSSR count). The second kappa shape index (κ2) is 14.7. The Hall–Kier alpha value is -2.34. The Morgan fingerprint density at radius 3 is 1.76 bits per heavy atom. The molecule has 0 radical (unpaired) electrons. The molecule has 3 aromatic rings. The Bertz CT molecular complexity index is 948. The van der Waals surface area contributed by atoms with Gasteiger partial charge in [0.2, 0.25) is 0 Å². The number of rotatable bonds is 6. The van der Waals surface area contributed by atoms with Gasteiger partial charge < -0.3 is 0 Å². The van der Waals surface area contributed by atoms with E-state index in [2.05, 4.69) is 122 Å². The summed E-state index contributed by atoms with van der Waals surface area (Å²) < 4.78 is 0. The fourth-order valence-electron chi connectivity index (χ4n) is 4.54. The highest BCUT2D eigenvalue weighted by Gasteiger charge is 2.24. The second-order valence-electron chi connectivity index (χ2n) is 9.56. The normalized spacial score (nSPS) is 12.2. The van der Waals surface area contributed by atoms with Crippen LogP contribution < -0.4 is 0 Å². The van der Waals surface area contributed by atoms with Gasteiger partial charge in [-0.2, -0.15) is 0 Å². The third-order valence-corrected chi connectivity index (χ3v) is 6.36. The summed E-state index contributed by atoms with van der Waals surface area (Å²) in [6, 6.07) is 24.6. The average molecular weight is 445 g/mol. The summed E-state index contributed by atoms with van der Waals surface area (Å²) in [6.07, 6.45) is 2.45. The van der Waals surface area contributed by atoms with Crippen molar-refractivity contribution in [3.63, 3.8) is 0 Å². The molecule has 3 aromatic carbocycles. The average Bonchev–Trinajstić information content (AvgIpc) is 2.78. The highest BCUT2D eigenvalue weighted by atomic mass is 14.3. The zero-order valence-corrected chi connectivity index (χ0v) is 23.0. The van der Waals surface area contributed by atoms with Crippen molar-refractivity contribution in [3.8, 4) is 0 Å². The number of benzene rings is 3. The van der Waals surface area contributed by atoms with Crippen molar-refractivity contribution in [2.45, 2.75) is 93.9 Å². The van der Waals surface area contributed by atoms with E-state index in [0.717, 1.165) is 0 Å². The van der Waals surface area contributed by atoms with Crippen LogP contribution in [0.5, 0.6) is 0 Å². The van der Waals surface area contributed by atoms with Gasteiger partial charge in [-0.1, -0.05) is 126 Å². The Kier molecular flexibility index (Phi) is 12.8. The van der Waals surface area contributed by atoms with Crippen LogP contribution in [0.3, 0.4) is 0 Å². The van der Waals surface area contributed by atoms with E-state index < -0.39 is 0 Å². The van der Waals surface area contributed by atoms with Crippen LogP contribution in [0, 0.1) is 33.6 Å². The molecule has 2 unspecified atom stereocenters. The van der Waals surface area contributed by atoms with Crippen molar-refractivity contribution in [2.75, 3.05) is 0 Å². The van der Waals surface area contributed by atoms with E-state index in [0.29, 0.717) is 17.8 Å². The van der Waals surface area contributed by atoms with Crippen molar-refractivity contribution in [1.82, 2.24) is 0 Å². The molecule has 0 saturated heterocycles. The first kappa shape index (κ1) is 28.7. The lowest BCUT2D eigenvalue weighted by atomic mass is 9.75. The molecule has 0 saturated carbocycles. The molecular formula is C33H48. The largest absolute Gasteiger partial charge is 0.0683 e. The Morgan fingerprint density at radius 1 is 0.636 bits per heavy atom. The van der Waals surface area contributed by atoms with Crippen LogP contribution in [0.15, 0.2) is 66.7 Å². The monoisotopic (exact) mass is 444 g/mol. The lowest BCUT2D eigenvalue weighted by Gasteiger charge is -2.29. The summed E-state index contributed by atoms with van der Waals surface area (Å²) >= 11 is 0. The number of aryl methyl sites for hydroxylation is 5. The van der Waals surface area contributed by atoms with Crippen molar-refractivity contribution >= 4 is 0 Å². The van der Waals surface area contributed by atoms with Crippen molar-refractivity contribution < 1.29 is 0 Å². The van der Waals surface area contributed by atoms with Crippen LogP contribution in [0.25, 0.3) is 0 Å². The summed E-state index contributed by atoms with van der Waals surface area (Å²) in [5, 5.41) is 0. The first-order valence-corrected chi connectivity index (χ1v) is 12.9. The maximum absolute atomic E-state index is 2.37. The third-order valence-electron chi connectivity index (χ3n) is 6.36. The van der Waals surface area contributed by atoms with Crippen LogP contribution >= 0.6 is 0 Å². The van der Waals surface area contributed by atoms with Crippen LogP contribution in [0.1, 0.15) is 98.7 Å². The van der Waals surface area contributed by atoms with E-state index in [4.69, 9.17) is 0 Å². The van der Waals surface area contributed by atoms with Gasteiger partial charge in [0.1, 0.15) is 0 Å². The van der Waals surface area contributed by atoms with Crippen LogP contribution in [-0.2, 0) is 6.42 Å². The molecular weight excluding hydrogens is 396 g/mol. The van der Waals surface area contributed by atoms with Crippen molar-refractivity contribution in [2.24, 2.45) is 5.92 Å². The third kappa shape index (κ3) is 9.20. The summed E-state index contributed by atoms with van der Waals surface area (Å²) in [4.78, 5) is 0. The lowest BCUT2D eigenvalue weighted by molar-refractivity contribution is 0.437. The molecule has 0 spiro atoms. The van der Waals surface area contributed by atoms with Gasteiger partial charge in [0.25, 0.3) is 0 Å². The van der Waals surface area contributed by atoms with Crippen molar-refractivity contribution in [3.05, 3.63) is 106 Å². The molecule has 0 bridgehead atoms. The van der Waals surface area contributed by atoms with Gasteiger partial charge in [0.05, 0.1) is 0 Å². The van der Waals surface area contributed by atoms with Crippen molar-refractivity contribution in [1.29, 1.82) is 0 Å². The topological polar surface area (TPSA) is 0 Å². The van der Waals surface area contributed by atoms with Gasteiger partial charge in [-0.3, -0.25) is 0 Å². The SMILES string of the molecule is CC.CCCc1cccc(C)c1.Cc1cccc(C(C(C)C)C(C)c2ccc(C)c(C)c2)c1. The zero-order chi connectivity index (χ0) is 25.0. The predicted molar refractivity (Wildman–Crippen MR) is 150 cm³/mol. The highest BCUT2D eigenvalue weighted by molar-refractivity contribution is 5.35. The fraction of sp³-hybridized carbons (Fsp3) is 0.455. The summed E-state index contributed by atoms with van der Waals surface area (Å²) in [6.45, 7) is 22.0. The van der Waals surface area contributed by atoms with E-state index in [1.165, 1.54) is 51.8 Å². The zero-order valence-electron chi connectivity index (χ0n) is 23.0. The van der Waals surface area contributed by atoms with Crippen LogP contribution in [0.4, 0.5) is 0 Å². The second-order valence-corrected chi connectivity index (χ2v) is 9.56. The minimum absolute atomic E-state index is 0.533. The lowest BCUT2D eigenvalue weighted by Crippen LogP contribution is -2.15. The van der Waals surface area contributed by atoms with E-state index in [9.17, 15) is 0 Å². The number of hydrogen-bond acceptors (Lipinski definition) is 0. The quantitative estimate of drug-likeness (QED) is 0.355. The van der Waals surface area contributed by atoms with Gasteiger partial charge in [-0.05, 0) is 79.7 Å². The maximum atomic E-state index is 2.37. The molecule has 0 N–H and O–H groups in total. The molecule has 0 heterocycles. The van der Waals surface area contributed by atoms with Gasteiger partial charge in [0.15, 0.2) is 0 Å². The van der Waals surface area contributed by atoms with E-state index in [1.54, 1.807) is 0 Å². The Morgan fingerprint density at radius 2 is 1.24 bits per heavy atom. The van der Waals surface area contributed by atoms with Gasteiger partial charge in [-0.25, -0.2) is 0 Å². The minimum atomic E-state index is 0.533. The molecule has 0 fully saturated rings. The summed E-state index contributed by atoms with van der Waals surface area (Å²) in [7, 11) is 0. The molecule has 2 atom stereocenters. The molecule has 0 aliphatic rings. The smallest absolute Gasteiger partial charge is 0.00726 e. The predicted octanol–water partition coefficient (Wildman–Crippen LogP) is 10.1. The van der Waals surface area contributed by atoms with Crippen LogP contribution in [-0.4, -0.2) is 0 Å². The molecule has 0 aliphatic heterocycles. The van der Waals surface area contributed by atoms with Crippen LogP contribution in [0.2, 0.25) is 0 Å². The molecule has 0 aliphatic carbocycles. The molecule has 0 nitrogen and oxygen atoms in total. The van der Waals surface area contributed by atoms with E-state index in [1.807, 2.05) is 13.8 Å². The molecule has 180 valence electrons. The minimum Gasteiger partial charge on any atom is -0.0683 e. The van der Waals surface area contributed by atoms with Gasteiger partial charge >= 0.3 is 0 Å². The Balaban J connectivity index is 0.000000380. The molecule has 0 amide bonds. The molecule has 0 aromatic heterocycles. The summed E-state index contributed by atoms with van der Waals surface area (Å²) in [5.74, 6) is 1.72. The summed E-state index contributed by atoms with van der Waals surface area (Å²) in [5.41, 5.74) is 9.88. The molecule has 33 heavy (non-hydrogen) atoms. The molecule has 0 heteroatoms. The first-order chi connectivity index (χ1) is 15.7. The highest BCUT2D eigenvalue weighted by Crippen LogP contribution is 2.39. The Labute approximate surface area is 205 Å². The first-order valence-electron chi connectivity index (χ1n) is 12.9. The standard InChI is InChI=1S/C21H28.C10H14.C2H6/c1-14(2)21(20-9-7-8-15(3)12-20)18(6)19-11-10-16(4)17(5)13-19;1-3-5-10-7-4-6-9(2)8-10;1-2/h7-14,18,21H,1-6H3;4,6-8H,3,5H2,1-2H3;1-2H3.